The van der Waals surface area contributed by atoms with Crippen LogP contribution in [0.1, 0.15) is 12.8 Å². The van der Waals surface area contributed by atoms with Crippen LogP contribution in [0, 0.1) is 5.92 Å². The minimum atomic E-state index is -0.859. The fraction of sp³-hybridized carbons (Fsp3) is 0.900. The fourth-order valence-corrected chi connectivity index (χ4v) is 1.78. The molecule has 0 aromatic heterocycles. The number of likely N-dealkylation sites (N-methyl/N-ethyl adjacent to an activating group) is 1. The van der Waals surface area contributed by atoms with Crippen molar-refractivity contribution in [3.8, 4) is 0 Å². The molecule has 4 N–H and O–H groups in total. The van der Waals surface area contributed by atoms with Crippen molar-refractivity contribution in [3.05, 3.63) is 0 Å². The zero-order chi connectivity index (χ0) is 11.5. The van der Waals surface area contributed by atoms with E-state index < -0.39 is 11.4 Å². The highest BCUT2D eigenvalue weighted by Crippen LogP contribution is 2.38. The van der Waals surface area contributed by atoms with Crippen LogP contribution >= 0.6 is 0 Å². The summed E-state index contributed by atoms with van der Waals surface area (Å²) in [5.74, 6) is -0.130. The topological polar surface area (TPSA) is 81.6 Å². The minimum absolute atomic E-state index is 0.264. The summed E-state index contributed by atoms with van der Waals surface area (Å²) in [6.45, 7) is 1.90. The van der Waals surface area contributed by atoms with E-state index in [9.17, 15) is 4.79 Å². The number of nitrogens with zero attached hydrogens (tertiary/aromatic N) is 1. The zero-order valence-electron chi connectivity index (χ0n) is 9.53. The third kappa shape index (κ3) is 3.15. The van der Waals surface area contributed by atoms with Gasteiger partial charge in [0.05, 0.1) is 6.61 Å². The molecule has 1 rings (SSSR count). The summed E-state index contributed by atoms with van der Waals surface area (Å²) >= 11 is 0. The van der Waals surface area contributed by atoms with Crippen LogP contribution in [0.25, 0.3) is 0 Å². The number of hydrogen-bond donors (Lipinski definition) is 2. The summed E-state index contributed by atoms with van der Waals surface area (Å²) in [5.41, 5.74) is 10.6. The Balaban J connectivity index is 2.47. The number of carbonyl (C=O) groups is 1. The molecule has 0 aromatic rings. The quantitative estimate of drug-likeness (QED) is 0.580. The molecule has 1 fully saturated rings. The summed E-state index contributed by atoms with van der Waals surface area (Å²) in [6, 6.07) is 0. The van der Waals surface area contributed by atoms with E-state index in [2.05, 4.69) is 0 Å². The van der Waals surface area contributed by atoms with Crippen molar-refractivity contribution >= 4 is 5.91 Å². The van der Waals surface area contributed by atoms with Crippen LogP contribution in [0.5, 0.6) is 0 Å². The first-order valence-corrected chi connectivity index (χ1v) is 5.27. The van der Waals surface area contributed by atoms with Crippen molar-refractivity contribution in [3.63, 3.8) is 0 Å². The van der Waals surface area contributed by atoms with Crippen molar-refractivity contribution in [2.24, 2.45) is 17.4 Å². The van der Waals surface area contributed by atoms with Crippen molar-refractivity contribution in [1.29, 1.82) is 0 Å². The fourth-order valence-electron chi connectivity index (χ4n) is 1.78. The Labute approximate surface area is 90.7 Å². The van der Waals surface area contributed by atoms with Crippen molar-refractivity contribution < 1.29 is 9.53 Å². The molecule has 1 aliphatic carbocycles. The maximum Gasteiger partial charge on any atom is 0.239 e. The van der Waals surface area contributed by atoms with Crippen LogP contribution in [-0.2, 0) is 9.53 Å². The SMILES string of the molecule is COCCN(C)CC(N)(C(N)=O)C1CC1. The van der Waals surface area contributed by atoms with Crippen molar-refractivity contribution in [2.75, 3.05) is 33.9 Å². The number of rotatable bonds is 7. The third-order valence-corrected chi connectivity index (χ3v) is 2.97. The van der Waals surface area contributed by atoms with E-state index in [1.807, 2.05) is 11.9 Å². The van der Waals surface area contributed by atoms with Gasteiger partial charge in [0.2, 0.25) is 5.91 Å². The number of hydrogen-bond acceptors (Lipinski definition) is 4. The maximum atomic E-state index is 11.4. The number of ether oxygens (including phenoxy) is 1. The number of carbonyl (C=O) groups excluding carboxylic acids is 1. The molecule has 0 heterocycles. The molecule has 0 spiro atoms. The Hall–Kier alpha value is -0.650. The third-order valence-electron chi connectivity index (χ3n) is 2.97. The molecular formula is C10H21N3O2. The number of primary amides is 1. The summed E-state index contributed by atoms with van der Waals surface area (Å²) in [4.78, 5) is 13.3. The second-order valence-corrected chi connectivity index (χ2v) is 4.41. The van der Waals surface area contributed by atoms with Gasteiger partial charge in [-0.15, -0.1) is 0 Å². The lowest BCUT2D eigenvalue weighted by molar-refractivity contribution is -0.124. The lowest BCUT2D eigenvalue weighted by Crippen LogP contribution is -2.60. The van der Waals surface area contributed by atoms with Crippen LogP contribution in [0.3, 0.4) is 0 Å². The minimum Gasteiger partial charge on any atom is -0.383 e. The Morgan fingerprint density at radius 3 is 2.60 bits per heavy atom. The predicted octanol–water partition coefficient (Wildman–Crippen LogP) is -0.843. The average molecular weight is 215 g/mol. The first-order chi connectivity index (χ1) is 7.00. The van der Waals surface area contributed by atoms with Crippen LogP contribution in [-0.4, -0.2) is 50.2 Å². The molecule has 0 bridgehead atoms. The molecule has 0 aromatic carbocycles. The molecule has 1 saturated carbocycles. The molecule has 5 nitrogen and oxygen atoms in total. The Morgan fingerprint density at radius 2 is 2.20 bits per heavy atom. The second-order valence-electron chi connectivity index (χ2n) is 4.41. The van der Waals surface area contributed by atoms with Crippen LogP contribution in [0.4, 0.5) is 0 Å². The monoisotopic (exact) mass is 215 g/mol. The van der Waals surface area contributed by atoms with Gasteiger partial charge in [0.1, 0.15) is 5.54 Å². The van der Waals surface area contributed by atoms with Gasteiger partial charge in [-0.05, 0) is 25.8 Å². The molecular weight excluding hydrogens is 194 g/mol. The average Bonchev–Trinajstić information content (AvgIpc) is 2.97. The zero-order valence-corrected chi connectivity index (χ0v) is 9.53. The largest absolute Gasteiger partial charge is 0.383 e. The number of amides is 1. The Kier molecular flexibility index (Phi) is 4.07. The van der Waals surface area contributed by atoms with Gasteiger partial charge in [-0.3, -0.25) is 4.79 Å². The Bertz CT molecular complexity index is 231. The van der Waals surface area contributed by atoms with Gasteiger partial charge < -0.3 is 21.1 Å². The molecule has 15 heavy (non-hydrogen) atoms. The van der Waals surface area contributed by atoms with Gasteiger partial charge in [0.25, 0.3) is 0 Å². The van der Waals surface area contributed by atoms with E-state index >= 15 is 0 Å². The smallest absolute Gasteiger partial charge is 0.239 e. The van der Waals surface area contributed by atoms with Crippen LogP contribution in [0.2, 0.25) is 0 Å². The molecule has 1 atom stereocenters. The highest BCUT2D eigenvalue weighted by atomic mass is 16.5. The predicted molar refractivity (Wildman–Crippen MR) is 58.2 cm³/mol. The molecule has 1 aliphatic rings. The summed E-state index contributed by atoms with van der Waals surface area (Å²) in [7, 11) is 3.57. The standard InChI is InChI=1S/C10H21N3O2/c1-13(5-6-15-2)7-10(12,9(11)14)8-3-4-8/h8H,3-7,12H2,1-2H3,(H2,11,14). The van der Waals surface area contributed by atoms with Gasteiger partial charge in [-0.1, -0.05) is 0 Å². The maximum absolute atomic E-state index is 11.4. The van der Waals surface area contributed by atoms with Crippen LogP contribution < -0.4 is 11.5 Å². The lowest BCUT2D eigenvalue weighted by Gasteiger charge is -2.30. The molecule has 0 saturated heterocycles. The van der Waals surface area contributed by atoms with Gasteiger partial charge in [0.15, 0.2) is 0 Å². The molecule has 0 aliphatic heterocycles. The van der Waals surface area contributed by atoms with Crippen molar-refractivity contribution in [2.45, 2.75) is 18.4 Å². The van der Waals surface area contributed by atoms with E-state index in [-0.39, 0.29) is 5.92 Å². The van der Waals surface area contributed by atoms with E-state index in [0.717, 1.165) is 19.4 Å². The molecule has 1 unspecified atom stereocenters. The lowest BCUT2D eigenvalue weighted by atomic mass is 9.93. The Morgan fingerprint density at radius 1 is 1.60 bits per heavy atom. The summed E-state index contributed by atoms with van der Waals surface area (Å²) in [5, 5.41) is 0. The van der Waals surface area contributed by atoms with E-state index in [1.165, 1.54) is 0 Å². The summed E-state index contributed by atoms with van der Waals surface area (Å²) < 4.78 is 4.96. The van der Waals surface area contributed by atoms with E-state index in [1.54, 1.807) is 7.11 Å². The number of methoxy groups -OCH3 is 1. The van der Waals surface area contributed by atoms with E-state index in [4.69, 9.17) is 16.2 Å². The molecule has 88 valence electrons. The van der Waals surface area contributed by atoms with Gasteiger partial charge >= 0.3 is 0 Å². The van der Waals surface area contributed by atoms with Gasteiger partial charge in [-0.25, -0.2) is 0 Å². The van der Waals surface area contributed by atoms with Gasteiger partial charge in [-0.2, -0.15) is 0 Å². The number of nitrogens with two attached hydrogens (primary N) is 2. The second kappa shape index (κ2) is 4.92. The molecule has 1 amide bonds. The summed E-state index contributed by atoms with van der Waals surface area (Å²) in [6.07, 6.45) is 2.02. The molecule has 0 radical (unpaired) electrons. The van der Waals surface area contributed by atoms with Gasteiger partial charge in [0, 0.05) is 20.2 Å². The first-order valence-electron chi connectivity index (χ1n) is 5.27. The highest BCUT2D eigenvalue weighted by molar-refractivity contribution is 5.85. The highest BCUT2D eigenvalue weighted by Gasteiger charge is 2.47. The normalized spacial score (nSPS) is 20.3. The van der Waals surface area contributed by atoms with Crippen molar-refractivity contribution in [1.82, 2.24) is 4.90 Å². The van der Waals surface area contributed by atoms with Crippen LogP contribution in [0.15, 0.2) is 0 Å². The first kappa shape index (κ1) is 12.4. The molecule has 5 heteroatoms. The van der Waals surface area contributed by atoms with E-state index in [0.29, 0.717) is 13.2 Å².